The van der Waals surface area contributed by atoms with E-state index in [2.05, 4.69) is 16.0 Å². The van der Waals surface area contributed by atoms with Gasteiger partial charge in [-0.25, -0.2) is 9.59 Å². The predicted molar refractivity (Wildman–Crippen MR) is 131 cm³/mol. The SMILES string of the molecule is CC(C)[C@H](NC(=O)OC(C)(C)C)C(=O)NCC/C=C/CCNC(=O)[C@H](C)N(C(=O)O)C(C)(C)C. The van der Waals surface area contributed by atoms with E-state index in [1.165, 1.54) is 0 Å². The molecule has 10 nitrogen and oxygen atoms in total. The van der Waals surface area contributed by atoms with Crippen molar-refractivity contribution < 1.29 is 29.0 Å². The maximum Gasteiger partial charge on any atom is 0.408 e. The fraction of sp³-hybridized carbons (Fsp3) is 0.750. The van der Waals surface area contributed by atoms with Gasteiger partial charge in [0.25, 0.3) is 0 Å². The van der Waals surface area contributed by atoms with Crippen LogP contribution in [0.1, 0.15) is 75.2 Å². The van der Waals surface area contributed by atoms with Crippen molar-refractivity contribution in [2.24, 2.45) is 5.92 Å². The van der Waals surface area contributed by atoms with Crippen molar-refractivity contribution in [1.29, 1.82) is 0 Å². The fourth-order valence-electron chi connectivity index (χ4n) is 3.17. The molecule has 0 unspecified atom stereocenters. The summed E-state index contributed by atoms with van der Waals surface area (Å²) >= 11 is 0. The number of alkyl carbamates (subject to hydrolysis) is 1. The minimum Gasteiger partial charge on any atom is -0.465 e. The molecule has 4 amide bonds. The minimum absolute atomic E-state index is 0.107. The first-order chi connectivity index (χ1) is 15.5. The molecule has 0 aromatic carbocycles. The normalized spacial score (nSPS) is 13.8. The Labute approximate surface area is 203 Å². The van der Waals surface area contributed by atoms with Gasteiger partial charge in [-0.3, -0.25) is 14.5 Å². The van der Waals surface area contributed by atoms with Gasteiger partial charge in [0.15, 0.2) is 0 Å². The Morgan fingerprint density at radius 1 is 0.882 bits per heavy atom. The van der Waals surface area contributed by atoms with Crippen molar-refractivity contribution in [2.75, 3.05) is 13.1 Å². The van der Waals surface area contributed by atoms with Crippen LogP contribution >= 0.6 is 0 Å². The summed E-state index contributed by atoms with van der Waals surface area (Å²) in [6.45, 7) is 16.5. The number of hydrogen-bond donors (Lipinski definition) is 4. The second-order valence-corrected chi connectivity index (χ2v) is 10.5. The van der Waals surface area contributed by atoms with E-state index in [0.717, 1.165) is 4.90 Å². The minimum atomic E-state index is -1.14. The standard InChI is InChI=1S/C24H44N4O6/c1-16(2)18(27-21(31)34-24(7,8)9)20(30)26-15-13-11-10-12-14-25-19(29)17(3)28(22(32)33)23(4,5)6/h10-11,16-18H,12-15H2,1-9H3,(H,25,29)(H,26,30)(H,27,31)(H,32,33)/b11-10+/t17-,18-/m0/s1. The first kappa shape index (κ1) is 31.2. The van der Waals surface area contributed by atoms with Gasteiger partial charge in [-0.15, -0.1) is 0 Å². The van der Waals surface area contributed by atoms with Crippen molar-refractivity contribution in [1.82, 2.24) is 20.9 Å². The van der Waals surface area contributed by atoms with Crippen molar-refractivity contribution >= 4 is 24.0 Å². The summed E-state index contributed by atoms with van der Waals surface area (Å²) in [6, 6.07) is -1.51. The fourth-order valence-corrected chi connectivity index (χ4v) is 3.17. The van der Waals surface area contributed by atoms with E-state index in [0.29, 0.717) is 25.9 Å². The zero-order valence-electron chi connectivity index (χ0n) is 22.2. The molecule has 2 atom stereocenters. The third-order valence-electron chi connectivity index (χ3n) is 4.70. The van der Waals surface area contributed by atoms with Gasteiger partial charge in [0.05, 0.1) is 0 Å². The zero-order valence-corrected chi connectivity index (χ0v) is 22.2. The molecule has 34 heavy (non-hydrogen) atoms. The number of carbonyl (C=O) groups is 4. The van der Waals surface area contributed by atoms with Gasteiger partial charge >= 0.3 is 12.2 Å². The average Bonchev–Trinajstić information content (AvgIpc) is 2.64. The van der Waals surface area contributed by atoms with E-state index >= 15 is 0 Å². The lowest BCUT2D eigenvalue weighted by Gasteiger charge is -2.37. The molecular weight excluding hydrogens is 440 g/mol. The highest BCUT2D eigenvalue weighted by Gasteiger charge is 2.34. The van der Waals surface area contributed by atoms with Crippen LogP contribution in [-0.4, -0.2) is 70.3 Å². The van der Waals surface area contributed by atoms with Crippen LogP contribution in [0.4, 0.5) is 9.59 Å². The second kappa shape index (κ2) is 13.8. The summed E-state index contributed by atoms with van der Waals surface area (Å²) in [5, 5.41) is 17.5. The van der Waals surface area contributed by atoms with Crippen LogP contribution in [0.15, 0.2) is 12.2 Å². The highest BCUT2D eigenvalue weighted by molar-refractivity contribution is 5.86. The van der Waals surface area contributed by atoms with Gasteiger partial charge in [-0.05, 0) is 67.2 Å². The van der Waals surface area contributed by atoms with E-state index in [1.54, 1.807) is 48.5 Å². The molecule has 0 aromatic rings. The van der Waals surface area contributed by atoms with Gasteiger partial charge in [0, 0.05) is 18.6 Å². The molecule has 4 N–H and O–H groups in total. The predicted octanol–water partition coefficient (Wildman–Crippen LogP) is 3.27. The van der Waals surface area contributed by atoms with Crippen molar-refractivity contribution in [3.05, 3.63) is 12.2 Å². The molecule has 0 bridgehead atoms. The molecule has 0 radical (unpaired) electrons. The van der Waals surface area contributed by atoms with Crippen LogP contribution in [0.25, 0.3) is 0 Å². The van der Waals surface area contributed by atoms with Crippen molar-refractivity contribution in [2.45, 2.75) is 98.4 Å². The van der Waals surface area contributed by atoms with Gasteiger partial charge in [-0.2, -0.15) is 0 Å². The Morgan fingerprint density at radius 2 is 1.35 bits per heavy atom. The molecule has 0 saturated heterocycles. The number of hydrogen-bond acceptors (Lipinski definition) is 5. The highest BCUT2D eigenvalue weighted by Crippen LogP contribution is 2.17. The molecular formula is C24H44N4O6. The average molecular weight is 485 g/mol. The number of carboxylic acid groups (broad SMARTS) is 1. The Hall–Kier alpha value is -2.78. The first-order valence-corrected chi connectivity index (χ1v) is 11.7. The summed E-state index contributed by atoms with van der Waals surface area (Å²) in [5.41, 5.74) is -1.34. The summed E-state index contributed by atoms with van der Waals surface area (Å²) in [5.74, 6) is -0.739. The molecule has 0 saturated carbocycles. The van der Waals surface area contributed by atoms with E-state index in [4.69, 9.17) is 4.74 Å². The van der Waals surface area contributed by atoms with Crippen LogP contribution in [-0.2, 0) is 14.3 Å². The number of rotatable bonds is 11. The third-order valence-corrected chi connectivity index (χ3v) is 4.70. The van der Waals surface area contributed by atoms with Crippen LogP contribution in [0.5, 0.6) is 0 Å². The van der Waals surface area contributed by atoms with Crippen molar-refractivity contribution in [3.8, 4) is 0 Å². The largest absolute Gasteiger partial charge is 0.465 e. The topological polar surface area (TPSA) is 137 Å². The Bertz CT molecular complexity index is 722. The molecule has 0 aliphatic rings. The summed E-state index contributed by atoms with van der Waals surface area (Å²) < 4.78 is 5.22. The lowest BCUT2D eigenvalue weighted by Crippen LogP contribution is -2.55. The molecule has 0 fully saturated rings. The number of nitrogens with zero attached hydrogens (tertiary/aromatic N) is 1. The van der Waals surface area contributed by atoms with Gasteiger partial charge < -0.3 is 25.8 Å². The maximum atomic E-state index is 12.4. The molecule has 10 heteroatoms. The molecule has 0 aliphatic carbocycles. The maximum absolute atomic E-state index is 12.4. The van der Waals surface area contributed by atoms with E-state index in [1.807, 2.05) is 26.0 Å². The Kier molecular flexibility index (Phi) is 12.7. The van der Waals surface area contributed by atoms with E-state index in [-0.39, 0.29) is 17.7 Å². The van der Waals surface area contributed by atoms with Crippen LogP contribution < -0.4 is 16.0 Å². The van der Waals surface area contributed by atoms with Crippen LogP contribution in [0.3, 0.4) is 0 Å². The second-order valence-electron chi connectivity index (χ2n) is 10.5. The molecule has 0 heterocycles. The summed E-state index contributed by atoms with van der Waals surface area (Å²) in [4.78, 5) is 49.3. The number of amides is 4. The van der Waals surface area contributed by atoms with Gasteiger partial charge in [-0.1, -0.05) is 26.0 Å². The summed E-state index contributed by atoms with van der Waals surface area (Å²) in [6.07, 6.45) is 3.16. The smallest absolute Gasteiger partial charge is 0.408 e. The van der Waals surface area contributed by atoms with Crippen molar-refractivity contribution in [3.63, 3.8) is 0 Å². The monoisotopic (exact) mass is 484 g/mol. The highest BCUT2D eigenvalue weighted by atomic mass is 16.6. The quantitative estimate of drug-likeness (QED) is 0.262. The summed E-state index contributed by atoms with van der Waals surface area (Å²) in [7, 11) is 0. The van der Waals surface area contributed by atoms with E-state index < -0.39 is 35.4 Å². The number of ether oxygens (including phenoxy) is 1. The molecule has 0 aliphatic heterocycles. The lowest BCUT2D eigenvalue weighted by molar-refractivity contribution is -0.127. The molecule has 0 rings (SSSR count). The first-order valence-electron chi connectivity index (χ1n) is 11.7. The third kappa shape index (κ3) is 12.5. The Balaban J connectivity index is 4.39. The zero-order chi connectivity index (χ0) is 26.7. The molecule has 0 spiro atoms. The van der Waals surface area contributed by atoms with Gasteiger partial charge in [0.1, 0.15) is 17.7 Å². The van der Waals surface area contributed by atoms with Gasteiger partial charge in [0.2, 0.25) is 11.8 Å². The molecule has 0 aromatic heterocycles. The molecule has 196 valence electrons. The number of carbonyl (C=O) groups excluding carboxylic acids is 3. The van der Waals surface area contributed by atoms with Crippen LogP contribution in [0.2, 0.25) is 0 Å². The van der Waals surface area contributed by atoms with Crippen LogP contribution in [0, 0.1) is 5.92 Å². The number of nitrogens with one attached hydrogen (secondary N) is 3. The van der Waals surface area contributed by atoms with E-state index in [9.17, 15) is 24.3 Å². The Morgan fingerprint density at radius 3 is 1.74 bits per heavy atom. The lowest BCUT2D eigenvalue weighted by atomic mass is 10.0.